The zero-order valence-corrected chi connectivity index (χ0v) is 11.2. The minimum absolute atomic E-state index is 0.546. The second-order valence-corrected chi connectivity index (χ2v) is 6.55. The molecule has 1 heteroatoms. The Morgan fingerprint density at radius 1 is 1.31 bits per heavy atom. The Morgan fingerprint density at radius 2 is 2.00 bits per heavy atom. The van der Waals surface area contributed by atoms with Gasteiger partial charge in [0.1, 0.15) is 0 Å². The van der Waals surface area contributed by atoms with Crippen LogP contribution in [0.3, 0.4) is 0 Å². The topological polar surface area (TPSA) is 20.2 Å². The summed E-state index contributed by atoms with van der Waals surface area (Å²) >= 11 is 0. The van der Waals surface area contributed by atoms with Crippen molar-refractivity contribution in [3.63, 3.8) is 0 Å². The van der Waals surface area contributed by atoms with E-state index in [1.165, 1.54) is 19.3 Å². The number of allylic oxidation sites excluding steroid dienone is 1. The van der Waals surface area contributed by atoms with Gasteiger partial charge in [0.25, 0.3) is 0 Å². The van der Waals surface area contributed by atoms with Gasteiger partial charge in [-0.2, -0.15) is 0 Å². The van der Waals surface area contributed by atoms with Crippen LogP contribution in [0.4, 0.5) is 0 Å². The van der Waals surface area contributed by atoms with Crippen LogP contribution in [0.1, 0.15) is 53.4 Å². The maximum Gasteiger partial charge on any atom is 0.0802 e. The van der Waals surface area contributed by atoms with Crippen molar-refractivity contribution in [3.05, 3.63) is 11.6 Å². The second-order valence-electron chi connectivity index (χ2n) is 6.55. The summed E-state index contributed by atoms with van der Waals surface area (Å²) in [6, 6.07) is 0. The molecule has 0 heterocycles. The molecule has 2 aliphatic carbocycles. The van der Waals surface area contributed by atoms with E-state index in [2.05, 4.69) is 26.8 Å². The molecule has 1 saturated carbocycles. The van der Waals surface area contributed by atoms with Crippen LogP contribution in [-0.4, -0.2) is 10.7 Å². The maximum atomic E-state index is 10.2. The van der Waals surface area contributed by atoms with E-state index in [1.807, 2.05) is 6.92 Å². The van der Waals surface area contributed by atoms with Crippen molar-refractivity contribution in [3.8, 4) is 0 Å². The van der Waals surface area contributed by atoms with Crippen molar-refractivity contribution in [1.29, 1.82) is 0 Å². The molecule has 0 bridgehead atoms. The highest BCUT2D eigenvalue weighted by molar-refractivity contribution is 5.23. The highest BCUT2D eigenvalue weighted by atomic mass is 16.3. The molecule has 0 aromatic rings. The lowest BCUT2D eigenvalue weighted by Crippen LogP contribution is -2.37. The molecule has 0 aromatic carbocycles. The molecular weight excluding hydrogens is 196 g/mol. The first-order valence-corrected chi connectivity index (χ1v) is 6.86. The Bertz CT molecular complexity index is 288. The van der Waals surface area contributed by atoms with Crippen LogP contribution in [0.25, 0.3) is 0 Å². The smallest absolute Gasteiger partial charge is 0.0802 e. The standard InChI is InChI=1S/C15H26O/c1-10(2)12-6-5-11(3)13-7-8-15(4,16)9-14(12)13/h9-13,16H,5-8H2,1-4H3/t11-,12-,13+,15+/m1/s1. The van der Waals surface area contributed by atoms with E-state index in [9.17, 15) is 5.11 Å². The van der Waals surface area contributed by atoms with Crippen LogP contribution < -0.4 is 0 Å². The summed E-state index contributed by atoms with van der Waals surface area (Å²) in [4.78, 5) is 0. The molecule has 2 rings (SSSR count). The molecule has 0 saturated heterocycles. The summed E-state index contributed by atoms with van der Waals surface area (Å²) in [5, 5.41) is 10.2. The van der Waals surface area contributed by atoms with Crippen molar-refractivity contribution in [2.75, 3.05) is 0 Å². The Labute approximate surface area is 99.9 Å². The molecule has 0 unspecified atom stereocenters. The predicted molar refractivity (Wildman–Crippen MR) is 68.2 cm³/mol. The average molecular weight is 222 g/mol. The van der Waals surface area contributed by atoms with Crippen molar-refractivity contribution in [2.45, 2.75) is 59.0 Å². The van der Waals surface area contributed by atoms with Gasteiger partial charge in [0.05, 0.1) is 5.60 Å². The van der Waals surface area contributed by atoms with Crippen LogP contribution in [-0.2, 0) is 0 Å². The van der Waals surface area contributed by atoms with E-state index < -0.39 is 5.60 Å². The lowest BCUT2D eigenvalue weighted by molar-refractivity contribution is 0.0684. The van der Waals surface area contributed by atoms with Gasteiger partial charge in [-0.05, 0) is 56.3 Å². The van der Waals surface area contributed by atoms with Crippen LogP contribution in [0.15, 0.2) is 11.6 Å². The SMILES string of the molecule is CC(C)[C@H]1CC[C@@H](C)[C@@H]2CC[C@](C)(O)C=C21. The van der Waals surface area contributed by atoms with Gasteiger partial charge in [0.15, 0.2) is 0 Å². The summed E-state index contributed by atoms with van der Waals surface area (Å²) in [5.41, 5.74) is 1.03. The number of rotatable bonds is 1. The molecule has 2 aliphatic rings. The monoisotopic (exact) mass is 222 g/mol. The summed E-state index contributed by atoms with van der Waals surface area (Å²) in [7, 11) is 0. The molecule has 1 nitrogen and oxygen atoms in total. The first-order valence-electron chi connectivity index (χ1n) is 6.86. The van der Waals surface area contributed by atoms with Crippen molar-refractivity contribution < 1.29 is 5.11 Å². The van der Waals surface area contributed by atoms with Crippen molar-refractivity contribution in [1.82, 2.24) is 0 Å². The van der Waals surface area contributed by atoms with E-state index in [0.717, 1.165) is 24.2 Å². The number of hydrogen-bond acceptors (Lipinski definition) is 1. The third-order valence-electron chi connectivity index (χ3n) is 4.72. The van der Waals surface area contributed by atoms with E-state index >= 15 is 0 Å². The normalized spacial score (nSPS) is 44.1. The van der Waals surface area contributed by atoms with E-state index in [-0.39, 0.29) is 0 Å². The highest BCUT2D eigenvalue weighted by Gasteiger charge is 2.39. The second kappa shape index (κ2) is 4.18. The molecule has 0 radical (unpaired) electrons. The fourth-order valence-corrected chi connectivity index (χ4v) is 3.68. The summed E-state index contributed by atoms with van der Waals surface area (Å²) < 4.78 is 0. The minimum Gasteiger partial charge on any atom is -0.386 e. The van der Waals surface area contributed by atoms with E-state index in [1.54, 1.807) is 5.57 Å². The van der Waals surface area contributed by atoms with Crippen LogP contribution >= 0.6 is 0 Å². The van der Waals surface area contributed by atoms with E-state index in [4.69, 9.17) is 0 Å². The van der Waals surface area contributed by atoms with Gasteiger partial charge in [-0.25, -0.2) is 0 Å². The third-order valence-corrected chi connectivity index (χ3v) is 4.72. The lowest BCUT2D eigenvalue weighted by Gasteiger charge is -2.44. The predicted octanol–water partition coefficient (Wildman–Crippen LogP) is 3.78. The molecule has 16 heavy (non-hydrogen) atoms. The fourth-order valence-electron chi connectivity index (χ4n) is 3.68. The summed E-state index contributed by atoms with van der Waals surface area (Å²) in [6.07, 6.45) is 7.01. The molecule has 1 N–H and O–H groups in total. The maximum absolute atomic E-state index is 10.2. The largest absolute Gasteiger partial charge is 0.386 e. The fraction of sp³-hybridized carbons (Fsp3) is 0.867. The van der Waals surface area contributed by atoms with Gasteiger partial charge >= 0.3 is 0 Å². The van der Waals surface area contributed by atoms with Gasteiger partial charge < -0.3 is 5.11 Å². The quantitative estimate of drug-likeness (QED) is 0.669. The van der Waals surface area contributed by atoms with Crippen LogP contribution in [0, 0.1) is 23.7 Å². The van der Waals surface area contributed by atoms with Crippen molar-refractivity contribution in [2.24, 2.45) is 23.7 Å². The number of fused-ring (bicyclic) bond motifs is 1. The van der Waals surface area contributed by atoms with Crippen LogP contribution in [0.5, 0.6) is 0 Å². The Hall–Kier alpha value is -0.300. The summed E-state index contributed by atoms with van der Waals surface area (Å²) in [5.74, 6) is 3.00. The zero-order chi connectivity index (χ0) is 11.9. The Morgan fingerprint density at radius 3 is 2.62 bits per heavy atom. The first kappa shape index (κ1) is 12.2. The first-order chi connectivity index (χ1) is 7.41. The zero-order valence-electron chi connectivity index (χ0n) is 11.2. The lowest BCUT2D eigenvalue weighted by atomic mass is 9.62. The Balaban J connectivity index is 2.30. The molecule has 0 aromatic heterocycles. The van der Waals surface area contributed by atoms with Crippen molar-refractivity contribution >= 4 is 0 Å². The minimum atomic E-state index is -0.546. The molecule has 1 fully saturated rings. The number of hydrogen-bond donors (Lipinski definition) is 1. The molecular formula is C15H26O. The van der Waals surface area contributed by atoms with Crippen LogP contribution in [0.2, 0.25) is 0 Å². The van der Waals surface area contributed by atoms with Gasteiger partial charge in [0, 0.05) is 0 Å². The van der Waals surface area contributed by atoms with Gasteiger partial charge in [0.2, 0.25) is 0 Å². The molecule has 4 atom stereocenters. The number of aliphatic hydroxyl groups is 1. The molecule has 0 amide bonds. The highest BCUT2D eigenvalue weighted by Crippen LogP contribution is 2.47. The molecule has 0 spiro atoms. The van der Waals surface area contributed by atoms with E-state index in [0.29, 0.717) is 5.92 Å². The van der Waals surface area contributed by atoms with Gasteiger partial charge in [-0.1, -0.05) is 32.4 Å². The molecule has 92 valence electrons. The third kappa shape index (κ3) is 2.20. The molecule has 0 aliphatic heterocycles. The van der Waals surface area contributed by atoms with Gasteiger partial charge in [-0.3, -0.25) is 0 Å². The average Bonchev–Trinajstić information content (AvgIpc) is 2.15. The summed E-state index contributed by atoms with van der Waals surface area (Å²) in [6.45, 7) is 8.99. The van der Waals surface area contributed by atoms with Gasteiger partial charge in [-0.15, -0.1) is 0 Å². The Kier molecular flexibility index (Phi) is 3.18.